The summed E-state index contributed by atoms with van der Waals surface area (Å²) in [7, 11) is 0. The molecule has 4 heteroatoms. The Morgan fingerprint density at radius 3 is 2.69 bits per heavy atom. The number of amides is 1. The zero-order valence-electron chi connectivity index (χ0n) is 19.2. The highest BCUT2D eigenvalue weighted by Crippen LogP contribution is 2.53. The highest BCUT2D eigenvalue weighted by Gasteiger charge is 2.54. The number of unbranched alkanes of at least 4 members (excludes halogenated alkanes) is 3. The molecule has 1 aliphatic heterocycles. The fourth-order valence-corrected chi connectivity index (χ4v) is 6.08. The summed E-state index contributed by atoms with van der Waals surface area (Å²) in [6.07, 6.45) is 14.6. The van der Waals surface area contributed by atoms with E-state index in [0.717, 1.165) is 19.3 Å². The molecule has 2 aliphatic carbocycles. The number of allylic oxidation sites excluding steroid dienone is 1. The van der Waals surface area contributed by atoms with E-state index in [1.807, 2.05) is 0 Å². The summed E-state index contributed by atoms with van der Waals surface area (Å²) in [6.45, 7) is 10.3. The smallest absolute Gasteiger partial charge is 0.407 e. The number of carbonyl (C=O) groups is 1. The third kappa shape index (κ3) is 5.18. The normalized spacial score (nSPS) is 35.1. The van der Waals surface area contributed by atoms with Crippen molar-refractivity contribution in [1.82, 2.24) is 5.32 Å². The maximum absolute atomic E-state index is 12.5. The first-order valence-corrected chi connectivity index (χ1v) is 12.2. The number of rotatable bonds is 8. The maximum Gasteiger partial charge on any atom is 0.407 e. The number of alkyl carbamates (subject to hydrolysis) is 1. The Bertz CT molecular complexity index is 568. The van der Waals surface area contributed by atoms with Gasteiger partial charge in [-0.2, -0.15) is 0 Å². The Balaban J connectivity index is 1.60. The quantitative estimate of drug-likeness (QED) is 0.383. The van der Waals surface area contributed by atoms with Crippen LogP contribution in [-0.4, -0.2) is 31.5 Å². The van der Waals surface area contributed by atoms with E-state index in [2.05, 4.69) is 39.1 Å². The second kappa shape index (κ2) is 10.3. The number of hydrogen-bond donors (Lipinski definition) is 1. The van der Waals surface area contributed by atoms with Crippen LogP contribution < -0.4 is 5.32 Å². The van der Waals surface area contributed by atoms with E-state index in [1.165, 1.54) is 50.5 Å². The van der Waals surface area contributed by atoms with E-state index in [0.29, 0.717) is 43.1 Å². The van der Waals surface area contributed by atoms with E-state index in [9.17, 15) is 4.79 Å². The number of hydrogen-bond acceptors (Lipinski definition) is 3. The van der Waals surface area contributed by atoms with Crippen LogP contribution in [0.1, 0.15) is 91.9 Å². The Hall–Kier alpha value is -1.03. The molecule has 166 valence electrons. The first-order valence-electron chi connectivity index (χ1n) is 12.2. The molecule has 29 heavy (non-hydrogen) atoms. The SMILES string of the molecule is CCCCCC[C@@H]1OC[C@@]2(COC(=O)NC3CCCCC3)[C@H](C)C=C(C)[C@H]1[C@H]2C. The van der Waals surface area contributed by atoms with Gasteiger partial charge in [-0.1, -0.05) is 77.4 Å². The lowest BCUT2D eigenvalue weighted by Gasteiger charge is -2.55. The van der Waals surface area contributed by atoms with E-state index >= 15 is 0 Å². The Morgan fingerprint density at radius 2 is 1.97 bits per heavy atom. The molecule has 0 aromatic carbocycles. The summed E-state index contributed by atoms with van der Waals surface area (Å²) < 4.78 is 12.3. The lowest BCUT2D eigenvalue weighted by atomic mass is 9.56. The van der Waals surface area contributed by atoms with Gasteiger partial charge in [-0.25, -0.2) is 4.79 Å². The predicted octanol–water partition coefficient (Wildman–Crippen LogP) is 6.25. The average molecular weight is 406 g/mol. The molecule has 5 atom stereocenters. The van der Waals surface area contributed by atoms with Crippen LogP contribution in [0.4, 0.5) is 4.79 Å². The second-order valence-corrected chi connectivity index (χ2v) is 10.0. The highest BCUT2D eigenvalue weighted by molar-refractivity contribution is 5.67. The Morgan fingerprint density at radius 1 is 1.21 bits per heavy atom. The predicted molar refractivity (Wildman–Crippen MR) is 118 cm³/mol. The molecule has 4 nitrogen and oxygen atoms in total. The highest BCUT2D eigenvalue weighted by atomic mass is 16.6. The van der Waals surface area contributed by atoms with Crippen LogP contribution in [0.2, 0.25) is 0 Å². The van der Waals surface area contributed by atoms with Gasteiger partial charge in [0.25, 0.3) is 0 Å². The van der Waals surface area contributed by atoms with Crippen molar-refractivity contribution in [2.24, 2.45) is 23.2 Å². The van der Waals surface area contributed by atoms with E-state index in [1.54, 1.807) is 0 Å². The standard InChI is InChI=1S/C25H43NO3/c1-5-6-7-11-14-22-23-18(2)15-19(3)25(16-28-22,20(23)4)17-29-24(27)26-21-12-9-8-10-13-21/h15,19-23H,5-14,16-17H2,1-4H3,(H,26,27)/t19-,20-,22+,23+,25-/m1/s1. The monoisotopic (exact) mass is 405 g/mol. The first kappa shape index (κ1) is 22.7. The van der Waals surface area contributed by atoms with Crippen molar-refractivity contribution in [3.05, 3.63) is 11.6 Å². The zero-order chi connectivity index (χ0) is 20.9. The van der Waals surface area contributed by atoms with Gasteiger partial charge in [0.1, 0.15) is 6.61 Å². The van der Waals surface area contributed by atoms with Crippen LogP contribution >= 0.6 is 0 Å². The van der Waals surface area contributed by atoms with Crippen LogP contribution in [0.15, 0.2) is 11.6 Å². The summed E-state index contributed by atoms with van der Waals surface area (Å²) in [4.78, 5) is 12.5. The number of ether oxygens (including phenoxy) is 2. The largest absolute Gasteiger partial charge is 0.449 e. The van der Waals surface area contributed by atoms with Crippen molar-refractivity contribution in [3.63, 3.8) is 0 Å². The van der Waals surface area contributed by atoms with Crippen molar-refractivity contribution in [3.8, 4) is 0 Å². The van der Waals surface area contributed by atoms with Crippen molar-refractivity contribution in [1.29, 1.82) is 0 Å². The molecule has 1 heterocycles. The fourth-order valence-electron chi connectivity index (χ4n) is 6.08. The number of carbonyl (C=O) groups excluding carboxylic acids is 1. The zero-order valence-corrected chi connectivity index (χ0v) is 19.2. The molecule has 1 saturated carbocycles. The lowest BCUT2D eigenvalue weighted by molar-refractivity contribution is -0.165. The molecule has 0 unspecified atom stereocenters. The molecule has 0 radical (unpaired) electrons. The molecular formula is C25H43NO3. The van der Waals surface area contributed by atoms with Crippen LogP contribution in [0.5, 0.6) is 0 Å². The summed E-state index contributed by atoms with van der Waals surface area (Å²) in [5.74, 6) is 1.28. The topological polar surface area (TPSA) is 47.6 Å². The molecular weight excluding hydrogens is 362 g/mol. The summed E-state index contributed by atoms with van der Waals surface area (Å²) in [5, 5.41) is 3.10. The van der Waals surface area contributed by atoms with Crippen molar-refractivity contribution >= 4 is 6.09 Å². The van der Waals surface area contributed by atoms with Crippen molar-refractivity contribution < 1.29 is 14.3 Å². The van der Waals surface area contributed by atoms with E-state index in [4.69, 9.17) is 9.47 Å². The molecule has 1 N–H and O–H groups in total. The minimum atomic E-state index is -0.241. The number of fused-ring (bicyclic) bond motifs is 2. The summed E-state index contributed by atoms with van der Waals surface area (Å²) >= 11 is 0. The molecule has 1 amide bonds. The fraction of sp³-hybridized carbons (Fsp3) is 0.880. The lowest BCUT2D eigenvalue weighted by Crippen LogP contribution is -2.57. The van der Waals surface area contributed by atoms with E-state index < -0.39 is 0 Å². The van der Waals surface area contributed by atoms with Gasteiger partial charge in [-0.15, -0.1) is 0 Å². The van der Waals surface area contributed by atoms with Crippen molar-refractivity contribution in [2.75, 3.05) is 13.2 Å². The average Bonchev–Trinajstić information content (AvgIpc) is 2.70. The van der Waals surface area contributed by atoms with Crippen LogP contribution in [0.3, 0.4) is 0 Å². The molecule has 0 aromatic rings. The molecule has 3 aliphatic rings. The van der Waals surface area contributed by atoms with Crippen LogP contribution in [0, 0.1) is 23.2 Å². The van der Waals surface area contributed by atoms with Crippen LogP contribution in [-0.2, 0) is 9.47 Å². The van der Waals surface area contributed by atoms with Gasteiger partial charge in [0.2, 0.25) is 0 Å². The third-order valence-corrected chi connectivity index (χ3v) is 8.10. The second-order valence-electron chi connectivity index (χ2n) is 10.0. The van der Waals surface area contributed by atoms with Crippen LogP contribution in [0.25, 0.3) is 0 Å². The molecule has 2 fully saturated rings. The molecule has 1 saturated heterocycles. The van der Waals surface area contributed by atoms with Gasteiger partial charge in [0.15, 0.2) is 0 Å². The third-order valence-electron chi connectivity index (χ3n) is 8.10. The van der Waals surface area contributed by atoms with Gasteiger partial charge in [-0.05, 0) is 38.0 Å². The van der Waals surface area contributed by atoms with E-state index in [-0.39, 0.29) is 11.5 Å². The molecule has 2 bridgehead atoms. The van der Waals surface area contributed by atoms with Gasteiger partial charge in [0.05, 0.1) is 12.7 Å². The molecule has 3 rings (SSSR count). The van der Waals surface area contributed by atoms with Gasteiger partial charge in [0, 0.05) is 17.4 Å². The summed E-state index contributed by atoms with van der Waals surface area (Å²) in [6, 6.07) is 0.292. The minimum absolute atomic E-state index is 0.103. The van der Waals surface area contributed by atoms with Crippen molar-refractivity contribution in [2.45, 2.75) is 104 Å². The molecule has 0 spiro atoms. The number of nitrogens with one attached hydrogen (secondary N) is 1. The summed E-state index contributed by atoms with van der Waals surface area (Å²) in [5.41, 5.74) is 1.36. The van der Waals surface area contributed by atoms with Gasteiger partial charge < -0.3 is 14.8 Å². The maximum atomic E-state index is 12.5. The molecule has 0 aromatic heterocycles. The first-order chi connectivity index (χ1) is 14.0. The Labute approximate surface area is 178 Å². The van der Waals surface area contributed by atoms with Gasteiger partial charge in [-0.3, -0.25) is 0 Å². The minimum Gasteiger partial charge on any atom is -0.449 e. The van der Waals surface area contributed by atoms with Gasteiger partial charge >= 0.3 is 6.09 Å². The Kier molecular flexibility index (Phi) is 8.07.